The second-order valence-corrected chi connectivity index (χ2v) is 4.13. The molecular weight excluding hydrogens is 274 g/mol. The summed E-state index contributed by atoms with van der Waals surface area (Å²) < 4.78 is 5.02. The normalized spacial score (nSPS) is 9.90. The molecule has 0 saturated heterocycles. The van der Waals surface area contributed by atoms with Gasteiger partial charge in [0.25, 0.3) is 5.91 Å². The van der Waals surface area contributed by atoms with E-state index in [9.17, 15) is 14.4 Å². The van der Waals surface area contributed by atoms with E-state index < -0.39 is 17.7 Å². The zero-order chi connectivity index (χ0) is 15.2. The van der Waals surface area contributed by atoms with Gasteiger partial charge in [-0.15, -0.1) is 0 Å². The molecule has 21 heavy (non-hydrogen) atoms. The fourth-order valence-corrected chi connectivity index (χ4v) is 1.65. The number of primary amides is 1. The molecule has 0 atom stereocenters. The highest BCUT2D eigenvalue weighted by molar-refractivity contribution is 6.39. The largest absolute Gasteiger partial charge is 0.467 e. The Morgan fingerprint density at radius 2 is 1.81 bits per heavy atom. The van der Waals surface area contributed by atoms with Crippen LogP contribution in [0.3, 0.4) is 0 Å². The van der Waals surface area contributed by atoms with Gasteiger partial charge in [0.05, 0.1) is 24.1 Å². The molecule has 2 rings (SSSR count). The van der Waals surface area contributed by atoms with Crippen molar-refractivity contribution in [3.63, 3.8) is 0 Å². The maximum atomic E-state index is 11.7. The maximum absolute atomic E-state index is 11.7. The van der Waals surface area contributed by atoms with Gasteiger partial charge >= 0.3 is 11.8 Å². The van der Waals surface area contributed by atoms with Crippen molar-refractivity contribution in [3.8, 4) is 0 Å². The van der Waals surface area contributed by atoms with Gasteiger partial charge in [0.2, 0.25) is 0 Å². The minimum atomic E-state index is -0.893. The van der Waals surface area contributed by atoms with E-state index in [1.807, 2.05) is 0 Å². The van der Waals surface area contributed by atoms with E-state index in [0.717, 1.165) is 0 Å². The van der Waals surface area contributed by atoms with Crippen LogP contribution in [0.1, 0.15) is 16.1 Å². The van der Waals surface area contributed by atoms with Crippen LogP contribution in [0, 0.1) is 0 Å². The minimum Gasteiger partial charge on any atom is -0.467 e. The van der Waals surface area contributed by atoms with Crippen LogP contribution in [-0.4, -0.2) is 17.7 Å². The number of amides is 3. The fraction of sp³-hybridized carbons (Fsp3) is 0.0714. The van der Waals surface area contributed by atoms with Crippen LogP contribution in [0.2, 0.25) is 0 Å². The van der Waals surface area contributed by atoms with Gasteiger partial charge in [-0.3, -0.25) is 14.4 Å². The molecule has 1 heterocycles. The first-order valence-electron chi connectivity index (χ1n) is 6.08. The van der Waals surface area contributed by atoms with Crippen LogP contribution >= 0.6 is 0 Å². The molecule has 0 aliphatic heterocycles. The Bertz CT molecular complexity index is 665. The third-order valence-electron chi connectivity index (χ3n) is 2.65. The second kappa shape index (κ2) is 6.38. The quantitative estimate of drug-likeness (QED) is 0.715. The van der Waals surface area contributed by atoms with Gasteiger partial charge in [0, 0.05) is 0 Å². The van der Waals surface area contributed by atoms with Crippen LogP contribution in [0.4, 0.5) is 5.69 Å². The molecule has 0 unspecified atom stereocenters. The molecule has 4 N–H and O–H groups in total. The molecule has 0 aliphatic carbocycles. The van der Waals surface area contributed by atoms with E-state index >= 15 is 0 Å². The summed E-state index contributed by atoms with van der Waals surface area (Å²) in [7, 11) is 0. The standard InChI is InChI=1S/C14H13N3O4/c15-12(18)10-5-1-2-6-11(10)17-14(20)13(19)16-8-9-4-3-7-21-9/h1-7H,8H2,(H2,15,18)(H,16,19)(H,17,20). The second-order valence-electron chi connectivity index (χ2n) is 4.13. The molecule has 0 fully saturated rings. The lowest BCUT2D eigenvalue weighted by Gasteiger charge is -2.08. The van der Waals surface area contributed by atoms with E-state index in [1.54, 1.807) is 24.3 Å². The minimum absolute atomic E-state index is 0.0940. The molecule has 3 amide bonds. The third-order valence-corrected chi connectivity index (χ3v) is 2.65. The molecule has 0 spiro atoms. The van der Waals surface area contributed by atoms with Gasteiger partial charge in [-0.05, 0) is 24.3 Å². The van der Waals surface area contributed by atoms with Gasteiger partial charge < -0.3 is 20.8 Å². The van der Waals surface area contributed by atoms with Crippen LogP contribution in [0.15, 0.2) is 47.1 Å². The number of para-hydroxylation sites is 1. The fourth-order valence-electron chi connectivity index (χ4n) is 1.65. The van der Waals surface area contributed by atoms with E-state index in [1.165, 1.54) is 18.4 Å². The van der Waals surface area contributed by atoms with Crippen molar-refractivity contribution < 1.29 is 18.8 Å². The smallest absolute Gasteiger partial charge is 0.313 e. The van der Waals surface area contributed by atoms with Crippen LogP contribution < -0.4 is 16.4 Å². The van der Waals surface area contributed by atoms with Crippen molar-refractivity contribution in [2.75, 3.05) is 5.32 Å². The maximum Gasteiger partial charge on any atom is 0.313 e. The average Bonchev–Trinajstić information content (AvgIpc) is 2.98. The number of hydrogen-bond donors (Lipinski definition) is 3. The number of benzene rings is 1. The summed E-state index contributed by atoms with van der Waals surface area (Å²) in [6.45, 7) is 0.0940. The molecule has 7 nitrogen and oxygen atoms in total. The predicted octanol–water partition coefficient (Wildman–Crippen LogP) is 0.633. The predicted molar refractivity (Wildman–Crippen MR) is 74.1 cm³/mol. The Hall–Kier alpha value is -3.09. The number of anilines is 1. The van der Waals surface area contributed by atoms with Crippen LogP contribution in [0.25, 0.3) is 0 Å². The van der Waals surface area contributed by atoms with Crippen LogP contribution in [0.5, 0.6) is 0 Å². The van der Waals surface area contributed by atoms with Gasteiger partial charge in [-0.2, -0.15) is 0 Å². The molecule has 0 saturated carbocycles. The Labute approximate surface area is 120 Å². The van der Waals surface area contributed by atoms with E-state index in [0.29, 0.717) is 5.76 Å². The lowest BCUT2D eigenvalue weighted by molar-refractivity contribution is -0.136. The molecule has 0 aliphatic rings. The number of carbonyl (C=O) groups excluding carboxylic acids is 3. The van der Waals surface area contributed by atoms with Crippen molar-refractivity contribution >= 4 is 23.4 Å². The summed E-state index contributed by atoms with van der Waals surface area (Å²) in [5, 5.41) is 4.73. The molecule has 2 aromatic rings. The number of hydrogen-bond acceptors (Lipinski definition) is 4. The number of carbonyl (C=O) groups is 3. The van der Waals surface area contributed by atoms with E-state index in [-0.39, 0.29) is 17.8 Å². The Balaban J connectivity index is 1.98. The van der Waals surface area contributed by atoms with Gasteiger partial charge in [-0.25, -0.2) is 0 Å². The molecule has 0 radical (unpaired) electrons. The van der Waals surface area contributed by atoms with Crippen molar-refractivity contribution in [1.82, 2.24) is 5.32 Å². The van der Waals surface area contributed by atoms with E-state index in [2.05, 4.69) is 10.6 Å². The van der Waals surface area contributed by atoms with Crippen molar-refractivity contribution in [3.05, 3.63) is 54.0 Å². The van der Waals surface area contributed by atoms with Gasteiger partial charge in [-0.1, -0.05) is 12.1 Å². The highest BCUT2D eigenvalue weighted by Crippen LogP contribution is 2.13. The first-order chi connectivity index (χ1) is 10.1. The topological polar surface area (TPSA) is 114 Å². The monoisotopic (exact) mass is 287 g/mol. The zero-order valence-corrected chi connectivity index (χ0v) is 11.0. The average molecular weight is 287 g/mol. The molecule has 1 aromatic carbocycles. The van der Waals surface area contributed by atoms with Gasteiger partial charge in [0.15, 0.2) is 0 Å². The number of nitrogens with one attached hydrogen (secondary N) is 2. The molecule has 1 aromatic heterocycles. The Morgan fingerprint density at radius 3 is 2.48 bits per heavy atom. The number of nitrogens with two attached hydrogens (primary N) is 1. The van der Waals surface area contributed by atoms with Gasteiger partial charge in [0.1, 0.15) is 5.76 Å². The summed E-state index contributed by atoms with van der Waals surface area (Å²) in [6, 6.07) is 9.50. The molecule has 7 heteroatoms. The molecule has 108 valence electrons. The first-order valence-corrected chi connectivity index (χ1v) is 6.08. The third kappa shape index (κ3) is 3.69. The molecular formula is C14H13N3O4. The highest BCUT2D eigenvalue weighted by atomic mass is 16.3. The van der Waals surface area contributed by atoms with E-state index in [4.69, 9.17) is 10.2 Å². The number of furan rings is 1. The lowest BCUT2D eigenvalue weighted by atomic mass is 10.1. The Morgan fingerprint density at radius 1 is 1.05 bits per heavy atom. The highest BCUT2D eigenvalue weighted by Gasteiger charge is 2.16. The summed E-state index contributed by atoms with van der Waals surface area (Å²) in [5.74, 6) is -1.91. The summed E-state index contributed by atoms with van der Waals surface area (Å²) >= 11 is 0. The van der Waals surface area contributed by atoms with Crippen LogP contribution in [-0.2, 0) is 16.1 Å². The van der Waals surface area contributed by atoms with Crippen molar-refractivity contribution in [1.29, 1.82) is 0 Å². The SMILES string of the molecule is NC(=O)c1ccccc1NC(=O)C(=O)NCc1ccco1. The summed E-state index contributed by atoms with van der Waals surface area (Å²) in [6.07, 6.45) is 1.46. The first kappa shape index (κ1) is 14.3. The summed E-state index contributed by atoms with van der Waals surface area (Å²) in [4.78, 5) is 34.6. The lowest BCUT2D eigenvalue weighted by Crippen LogP contribution is -2.35. The molecule has 0 bridgehead atoms. The summed E-state index contributed by atoms with van der Waals surface area (Å²) in [5.41, 5.74) is 5.50. The van der Waals surface area contributed by atoms with Crippen molar-refractivity contribution in [2.24, 2.45) is 5.73 Å². The Kier molecular flexibility index (Phi) is 4.35. The zero-order valence-electron chi connectivity index (χ0n) is 11.0. The number of rotatable bonds is 4. The van der Waals surface area contributed by atoms with Crippen molar-refractivity contribution in [2.45, 2.75) is 6.54 Å².